The predicted molar refractivity (Wildman–Crippen MR) is 83.0 cm³/mol. The third-order valence-corrected chi connectivity index (χ3v) is 5.11. The van der Waals surface area contributed by atoms with Gasteiger partial charge in [-0.05, 0) is 57.8 Å². The van der Waals surface area contributed by atoms with Crippen molar-refractivity contribution in [1.82, 2.24) is 10.4 Å². The Kier molecular flexibility index (Phi) is 5.70. The van der Waals surface area contributed by atoms with E-state index in [2.05, 4.69) is 38.1 Å². The van der Waals surface area contributed by atoms with E-state index in [4.69, 9.17) is 0 Å². The molecule has 0 aromatic heterocycles. The van der Waals surface area contributed by atoms with E-state index in [1.807, 2.05) is 0 Å². The molecule has 1 saturated carbocycles. The van der Waals surface area contributed by atoms with Gasteiger partial charge in [0.25, 0.3) is 0 Å². The summed E-state index contributed by atoms with van der Waals surface area (Å²) in [5, 5.41) is 2.58. The Labute approximate surface area is 120 Å². The van der Waals surface area contributed by atoms with Gasteiger partial charge in [0.05, 0.1) is 0 Å². The van der Waals surface area contributed by atoms with Crippen LogP contribution < -0.4 is 5.43 Å². The molecule has 1 saturated heterocycles. The maximum Gasteiger partial charge on any atom is 0.0218 e. The van der Waals surface area contributed by atoms with Crippen molar-refractivity contribution in [2.24, 2.45) is 11.8 Å². The van der Waals surface area contributed by atoms with Crippen LogP contribution in [-0.2, 0) is 0 Å². The third-order valence-electron chi connectivity index (χ3n) is 5.11. The van der Waals surface area contributed by atoms with Crippen molar-refractivity contribution < 1.29 is 0 Å². The van der Waals surface area contributed by atoms with Crippen molar-refractivity contribution in [1.29, 1.82) is 0 Å². The van der Waals surface area contributed by atoms with Gasteiger partial charge in [-0.2, -0.15) is 0 Å². The molecule has 2 nitrogen and oxygen atoms in total. The van der Waals surface area contributed by atoms with Gasteiger partial charge < -0.3 is 0 Å². The highest BCUT2D eigenvalue weighted by molar-refractivity contribution is 4.82. The number of rotatable bonds is 4. The number of nitrogens with zero attached hydrogens (tertiary/aromatic N) is 1. The molecule has 0 spiro atoms. The Balaban J connectivity index is 1.84. The smallest absolute Gasteiger partial charge is 0.0218 e. The number of hydrazine groups is 1. The highest BCUT2D eigenvalue weighted by atomic mass is 15.5. The highest BCUT2D eigenvalue weighted by Crippen LogP contribution is 2.30. The fourth-order valence-electron chi connectivity index (χ4n) is 4.18. The molecule has 1 N–H and O–H groups in total. The van der Waals surface area contributed by atoms with E-state index in [1.54, 1.807) is 0 Å². The van der Waals surface area contributed by atoms with Crippen molar-refractivity contribution in [3.05, 3.63) is 0 Å². The Morgan fingerprint density at radius 3 is 2.26 bits per heavy atom. The maximum absolute atomic E-state index is 3.89. The molecule has 0 radical (unpaired) electrons. The normalized spacial score (nSPS) is 37.7. The summed E-state index contributed by atoms with van der Waals surface area (Å²) < 4.78 is 0. The first-order chi connectivity index (χ1) is 9.06. The predicted octanol–water partition coefficient (Wildman–Crippen LogP) is 4.36. The molecule has 0 aromatic carbocycles. The monoisotopic (exact) mass is 266 g/mol. The fourth-order valence-corrected chi connectivity index (χ4v) is 4.18. The van der Waals surface area contributed by atoms with Crippen molar-refractivity contribution >= 4 is 0 Å². The molecule has 1 aliphatic heterocycles. The zero-order valence-corrected chi connectivity index (χ0v) is 13.5. The Morgan fingerprint density at radius 2 is 1.63 bits per heavy atom. The first-order valence-corrected chi connectivity index (χ1v) is 8.60. The van der Waals surface area contributed by atoms with Crippen molar-refractivity contribution in [3.63, 3.8) is 0 Å². The van der Waals surface area contributed by atoms with Crippen LogP contribution in [0.25, 0.3) is 0 Å². The Morgan fingerprint density at radius 1 is 1.00 bits per heavy atom. The van der Waals surface area contributed by atoms with E-state index >= 15 is 0 Å². The zero-order valence-electron chi connectivity index (χ0n) is 13.5. The van der Waals surface area contributed by atoms with Gasteiger partial charge in [-0.3, -0.25) is 5.43 Å². The van der Waals surface area contributed by atoms with Crippen LogP contribution in [0.15, 0.2) is 0 Å². The molecule has 1 heterocycles. The van der Waals surface area contributed by atoms with Crippen LogP contribution >= 0.6 is 0 Å². The molecule has 0 amide bonds. The SMILES string of the molecule is CC(C)CC1CCCC(NN2C(C)CCCC2C)C1. The van der Waals surface area contributed by atoms with Crippen LogP contribution in [0.5, 0.6) is 0 Å². The molecule has 2 fully saturated rings. The lowest BCUT2D eigenvalue weighted by Gasteiger charge is -2.43. The first kappa shape index (κ1) is 15.3. The second-order valence-electron chi connectivity index (χ2n) is 7.52. The van der Waals surface area contributed by atoms with E-state index < -0.39 is 0 Å². The van der Waals surface area contributed by atoms with Crippen LogP contribution in [0, 0.1) is 11.8 Å². The van der Waals surface area contributed by atoms with Crippen LogP contribution in [0.4, 0.5) is 0 Å². The van der Waals surface area contributed by atoms with Gasteiger partial charge in [0.2, 0.25) is 0 Å². The lowest BCUT2D eigenvalue weighted by atomic mass is 9.81. The molecule has 1 aliphatic carbocycles. The fraction of sp³-hybridized carbons (Fsp3) is 1.00. The first-order valence-electron chi connectivity index (χ1n) is 8.60. The van der Waals surface area contributed by atoms with Crippen LogP contribution in [0.2, 0.25) is 0 Å². The van der Waals surface area contributed by atoms with Crippen molar-refractivity contribution in [2.45, 2.75) is 97.2 Å². The highest BCUT2D eigenvalue weighted by Gasteiger charge is 2.29. The molecule has 0 aromatic rings. The second-order valence-corrected chi connectivity index (χ2v) is 7.52. The van der Waals surface area contributed by atoms with Gasteiger partial charge >= 0.3 is 0 Å². The van der Waals surface area contributed by atoms with Crippen LogP contribution in [0.1, 0.15) is 79.1 Å². The molecule has 4 unspecified atom stereocenters. The van der Waals surface area contributed by atoms with E-state index in [9.17, 15) is 0 Å². The largest absolute Gasteiger partial charge is 0.252 e. The zero-order chi connectivity index (χ0) is 13.8. The standard InChI is InChI=1S/C17H34N2/c1-13(2)11-16-9-6-10-17(12-16)18-19-14(3)7-5-8-15(19)4/h13-18H,5-12H2,1-4H3. The number of hydrogen-bond donors (Lipinski definition) is 1. The van der Waals surface area contributed by atoms with E-state index in [0.29, 0.717) is 12.1 Å². The molecule has 19 heavy (non-hydrogen) atoms. The average molecular weight is 266 g/mol. The van der Waals surface area contributed by atoms with Gasteiger partial charge in [-0.1, -0.05) is 33.1 Å². The molecule has 0 bridgehead atoms. The number of piperidine rings is 1. The minimum absolute atomic E-state index is 0.717. The third kappa shape index (κ3) is 4.46. The summed E-state index contributed by atoms with van der Waals surface area (Å²) in [6.07, 6.45) is 11.2. The Bertz CT molecular complexity index is 254. The molecule has 112 valence electrons. The summed E-state index contributed by atoms with van der Waals surface area (Å²) in [5.41, 5.74) is 3.89. The minimum Gasteiger partial charge on any atom is -0.252 e. The van der Waals surface area contributed by atoms with Gasteiger partial charge in [0, 0.05) is 18.1 Å². The van der Waals surface area contributed by atoms with E-state index in [0.717, 1.165) is 17.9 Å². The van der Waals surface area contributed by atoms with Crippen molar-refractivity contribution in [3.8, 4) is 0 Å². The van der Waals surface area contributed by atoms with Gasteiger partial charge in [0.1, 0.15) is 0 Å². The summed E-state index contributed by atoms with van der Waals surface area (Å²) in [5.74, 6) is 1.82. The minimum atomic E-state index is 0.717. The van der Waals surface area contributed by atoms with Crippen LogP contribution in [0.3, 0.4) is 0 Å². The molecule has 2 heteroatoms. The summed E-state index contributed by atoms with van der Waals surface area (Å²) in [6.45, 7) is 9.51. The summed E-state index contributed by atoms with van der Waals surface area (Å²) in [4.78, 5) is 0. The summed E-state index contributed by atoms with van der Waals surface area (Å²) in [6, 6.07) is 2.17. The lowest BCUT2D eigenvalue weighted by molar-refractivity contribution is 0.0173. The molecular weight excluding hydrogens is 232 g/mol. The van der Waals surface area contributed by atoms with Gasteiger partial charge in [-0.25, -0.2) is 5.01 Å². The quantitative estimate of drug-likeness (QED) is 0.813. The second kappa shape index (κ2) is 7.08. The number of hydrogen-bond acceptors (Lipinski definition) is 2. The lowest BCUT2D eigenvalue weighted by Crippen LogP contribution is -2.56. The molecule has 2 aliphatic rings. The van der Waals surface area contributed by atoms with E-state index in [-0.39, 0.29) is 0 Å². The van der Waals surface area contributed by atoms with E-state index in [1.165, 1.54) is 51.4 Å². The summed E-state index contributed by atoms with van der Waals surface area (Å²) >= 11 is 0. The molecule has 4 atom stereocenters. The van der Waals surface area contributed by atoms with Gasteiger partial charge in [0.15, 0.2) is 0 Å². The topological polar surface area (TPSA) is 15.3 Å². The van der Waals surface area contributed by atoms with Crippen LogP contribution in [-0.4, -0.2) is 23.1 Å². The molecule has 2 rings (SSSR count). The molecular formula is C17H34N2. The maximum atomic E-state index is 3.89. The Hall–Kier alpha value is -0.0800. The van der Waals surface area contributed by atoms with Gasteiger partial charge in [-0.15, -0.1) is 0 Å². The average Bonchev–Trinajstić information content (AvgIpc) is 2.34. The van der Waals surface area contributed by atoms with Crippen molar-refractivity contribution in [2.75, 3.05) is 0 Å². The summed E-state index contributed by atoms with van der Waals surface area (Å²) in [7, 11) is 0. The number of nitrogens with one attached hydrogen (secondary N) is 1.